The van der Waals surface area contributed by atoms with E-state index in [9.17, 15) is 14.4 Å². The SMILES string of the molecule is CCCC(COC)NC(=O)NC(=O)CCC(=O)O. The minimum atomic E-state index is -1.08. The molecule has 0 aliphatic rings. The van der Waals surface area contributed by atoms with Crippen LogP contribution in [-0.2, 0) is 14.3 Å². The number of hydrogen-bond donors (Lipinski definition) is 3. The highest BCUT2D eigenvalue weighted by molar-refractivity contribution is 5.95. The van der Waals surface area contributed by atoms with Gasteiger partial charge in [0.05, 0.1) is 19.1 Å². The number of carboxylic acids is 1. The fourth-order valence-electron chi connectivity index (χ4n) is 1.38. The molecule has 7 nitrogen and oxygen atoms in total. The van der Waals surface area contributed by atoms with E-state index in [1.807, 2.05) is 6.92 Å². The van der Waals surface area contributed by atoms with Crippen LogP contribution in [0, 0.1) is 0 Å². The normalized spacial score (nSPS) is 11.7. The van der Waals surface area contributed by atoms with Gasteiger partial charge in [-0.25, -0.2) is 4.79 Å². The summed E-state index contributed by atoms with van der Waals surface area (Å²) in [5.74, 6) is -1.68. The molecule has 0 aromatic rings. The summed E-state index contributed by atoms with van der Waals surface area (Å²) in [4.78, 5) is 32.8. The molecule has 18 heavy (non-hydrogen) atoms. The summed E-state index contributed by atoms with van der Waals surface area (Å²) in [5.41, 5.74) is 0. The second-order valence-electron chi connectivity index (χ2n) is 3.86. The first kappa shape index (κ1) is 16.4. The Bertz CT molecular complexity index is 287. The number of hydrogen-bond acceptors (Lipinski definition) is 4. The minimum Gasteiger partial charge on any atom is -0.481 e. The maximum atomic E-state index is 11.4. The van der Waals surface area contributed by atoms with E-state index in [-0.39, 0.29) is 18.9 Å². The second kappa shape index (κ2) is 9.41. The highest BCUT2D eigenvalue weighted by atomic mass is 16.5. The van der Waals surface area contributed by atoms with Crippen LogP contribution in [0.2, 0.25) is 0 Å². The van der Waals surface area contributed by atoms with E-state index in [0.29, 0.717) is 6.61 Å². The third-order valence-corrected chi connectivity index (χ3v) is 2.16. The summed E-state index contributed by atoms with van der Waals surface area (Å²) in [7, 11) is 1.53. The van der Waals surface area contributed by atoms with E-state index >= 15 is 0 Å². The van der Waals surface area contributed by atoms with Crippen molar-refractivity contribution in [3.8, 4) is 0 Å². The first-order valence-electron chi connectivity index (χ1n) is 5.80. The number of carbonyl (C=O) groups is 3. The maximum absolute atomic E-state index is 11.4. The van der Waals surface area contributed by atoms with Gasteiger partial charge in [0.1, 0.15) is 0 Å². The standard InChI is InChI=1S/C11H20N2O5/c1-3-4-8(7-18-2)12-11(17)13-9(14)5-6-10(15)16/h8H,3-7H2,1-2H3,(H,15,16)(H2,12,13,14,17). The highest BCUT2D eigenvalue weighted by Crippen LogP contribution is 1.97. The van der Waals surface area contributed by atoms with Crippen LogP contribution in [0.5, 0.6) is 0 Å². The Labute approximate surface area is 106 Å². The molecule has 7 heteroatoms. The van der Waals surface area contributed by atoms with Gasteiger partial charge in [-0.1, -0.05) is 13.3 Å². The molecule has 0 rings (SSSR count). The topological polar surface area (TPSA) is 105 Å². The number of nitrogens with one attached hydrogen (secondary N) is 2. The Balaban J connectivity index is 3.99. The number of carbonyl (C=O) groups excluding carboxylic acids is 2. The molecule has 0 aliphatic heterocycles. The van der Waals surface area contributed by atoms with Gasteiger partial charge in [-0.05, 0) is 6.42 Å². The largest absolute Gasteiger partial charge is 0.481 e. The Kier molecular flexibility index (Phi) is 8.55. The molecule has 0 saturated heterocycles. The van der Waals surface area contributed by atoms with Crippen molar-refractivity contribution in [3.63, 3.8) is 0 Å². The first-order chi connectivity index (χ1) is 8.49. The van der Waals surface area contributed by atoms with Crippen molar-refractivity contribution >= 4 is 17.9 Å². The average Bonchev–Trinajstić information content (AvgIpc) is 2.26. The van der Waals surface area contributed by atoms with E-state index in [2.05, 4.69) is 10.6 Å². The quantitative estimate of drug-likeness (QED) is 0.589. The van der Waals surface area contributed by atoms with E-state index < -0.39 is 17.9 Å². The molecular weight excluding hydrogens is 240 g/mol. The lowest BCUT2D eigenvalue weighted by molar-refractivity contribution is -0.138. The molecule has 0 heterocycles. The van der Waals surface area contributed by atoms with E-state index in [0.717, 1.165) is 12.8 Å². The van der Waals surface area contributed by atoms with Gasteiger partial charge in [-0.15, -0.1) is 0 Å². The van der Waals surface area contributed by atoms with Crippen molar-refractivity contribution in [1.82, 2.24) is 10.6 Å². The molecule has 104 valence electrons. The number of amides is 3. The van der Waals surface area contributed by atoms with Gasteiger partial charge < -0.3 is 15.2 Å². The van der Waals surface area contributed by atoms with E-state index in [1.54, 1.807) is 0 Å². The molecule has 0 radical (unpaired) electrons. The predicted molar refractivity (Wildman–Crippen MR) is 64.1 cm³/mol. The third-order valence-electron chi connectivity index (χ3n) is 2.16. The molecule has 1 atom stereocenters. The molecular formula is C11H20N2O5. The summed E-state index contributed by atoms with van der Waals surface area (Å²) < 4.78 is 4.94. The lowest BCUT2D eigenvalue weighted by Gasteiger charge is -2.17. The second-order valence-corrected chi connectivity index (χ2v) is 3.86. The molecule has 0 aromatic carbocycles. The summed E-state index contributed by atoms with van der Waals surface area (Å²) in [6.45, 7) is 2.34. The smallest absolute Gasteiger partial charge is 0.321 e. The van der Waals surface area contributed by atoms with Crippen molar-refractivity contribution in [3.05, 3.63) is 0 Å². The number of aliphatic carboxylic acids is 1. The van der Waals surface area contributed by atoms with Crippen LogP contribution in [0.15, 0.2) is 0 Å². The van der Waals surface area contributed by atoms with Gasteiger partial charge in [0.15, 0.2) is 0 Å². The first-order valence-corrected chi connectivity index (χ1v) is 5.80. The zero-order valence-corrected chi connectivity index (χ0v) is 10.7. The van der Waals surface area contributed by atoms with Gasteiger partial charge in [-0.2, -0.15) is 0 Å². The molecule has 0 saturated carbocycles. The van der Waals surface area contributed by atoms with E-state index in [1.165, 1.54) is 7.11 Å². The number of urea groups is 1. The molecule has 0 aliphatic carbocycles. The molecule has 0 bridgehead atoms. The fourth-order valence-corrected chi connectivity index (χ4v) is 1.38. The molecule has 3 N–H and O–H groups in total. The van der Waals surface area contributed by atoms with Crippen molar-refractivity contribution in [1.29, 1.82) is 0 Å². The summed E-state index contributed by atoms with van der Waals surface area (Å²) in [6.07, 6.45) is 1.10. The lowest BCUT2D eigenvalue weighted by Crippen LogP contribution is -2.46. The fraction of sp³-hybridized carbons (Fsp3) is 0.727. The Morgan fingerprint density at radius 3 is 2.44 bits per heavy atom. The number of imide groups is 1. The summed E-state index contributed by atoms with van der Waals surface area (Å²) in [5, 5.41) is 13.1. The zero-order chi connectivity index (χ0) is 14.0. The van der Waals surface area contributed by atoms with Crippen molar-refractivity contribution in [2.24, 2.45) is 0 Å². The average molecular weight is 260 g/mol. The van der Waals surface area contributed by atoms with Crippen LogP contribution < -0.4 is 10.6 Å². The van der Waals surface area contributed by atoms with Gasteiger partial charge in [0.2, 0.25) is 5.91 Å². The molecule has 3 amide bonds. The van der Waals surface area contributed by atoms with Crippen molar-refractivity contribution in [2.45, 2.75) is 38.6 Å². The molecule has 0 spiro atoms. The molecule has 0 aromatic heterocycles. The van der Waals surface area contributed by atoms with Gasteiger partial charge in [0, 0.05) is 13.5 Å². The van der Waals surface area contributed by atoms with Crippen LogP contribution in [0.25, 0.3) is 0 Å². The van der Waals surface area contributed by atoms with Crippen LogP contribution in [-0.4, -0.2) is 42.8 Å². The van der Waals surface area contributed by atoms with Crippen LogP contribution in [0.3, 0.4) is 0 Å². The van der Waals surface area contributed by atoms with Crippen molar-refractivity contribution < 1.29 is 24.2 Å². The van der Waals surface area contributed by atoms with Gasteiger partial charge in [-0.3, -0.25) is 14.9 Å². The zero-order valence-electron chi connectivity index (χ0n) is 10.7. The Morgan fingerprint density at radius 2 is 1.94 bits per heavy atom. The van der Waals surface area contributed by atoms with Crippen LogP contribution in [0.1, 0.15) is 32.6 Å². The lowest BCUT2D eigenvalue weighted by atomic mass is 10.2. The number of rotatable bonds is 8. The number of methoxy groups -OCH3 is 1. The predicted octanol–water partition coefficient (Wildman–Crippen LogP) is 0.492. The summed E-state index contributed by atoms with van der Waals surface area (Å²) >= 11 is 0. The molecule has 1 unspecified atom stereocenters. The minimum absolute atomic E-state index is 0.160. The monoisotopic (exact) mass is 260 g/mol. The van der Waals surface area contributed by atoms with Crippen LogP contribution in [0.4, 0.5) is 4.79 Å². The molecule has 0 fully saturated rings. The van der Waals surface area contributed by atoms with Gasteiger partial charge >= 0.3 is 12.0 Å². The van der Waals surface area contributed by atoms with E-state index in [4.69, 9.17) is 9.84 Å². The Morgan fingerprint density at radius 1 is 1.28 bits per heavy atom. The maximum Gasteiger partial charge on any atom is 0.321 e. The van der Waals surface area contributed by atoms with Crippen LogP contribution >= 0.6 is 0 Å². The summed E-state index contributed by atoms with van der Waals surface area (Å²) in [6, 6.07) is -0.784. The Hall–Kier alpha value is -1.63. The van der Waals surface area contributed by atoms with Crippen molar-refractivity contribution in [2.75, 3.05) is 13.7 Å². The number of ether oxygens (including phenoxy) is 1. The van der Waals surface area contributed by atoms with Gasteiger partial charge in [0.25, 0.3) is 0 Å². The third kappa shape index (κ3) is 8.51. The highest BCUT2D eigenvalue weighted by Gasteiger charge is 2.14. The number of carboxylic acid groups (broad SMARTS) is 1.